The van der Waals surface area contributed by atoms with Crippen LogP contribution < -0.4 is 4.74 Å². The van der Waals surface area contributed by atoms with Gasteiger partial charge in [-0.15, -0.1) is 0 Å². The average Bonchev–Trinajstić information content (AvgIpc) is 3.03. The Kier molecular flexibility index (Phi) is 4.26. The fourth-order valence-electron chi connectivity index (χ4n) is 2.48. The minimum absolute atomic E-state index is 0.0315. The number of rotatable bonds is 6. The summed E-state index contributed by atoms with van der Waals surface area (Å²) in [6, 6.07) is 6.80. The number of carbonyl (C=O) groups excluding carboxylic acids is 1. The Labute approximate surface area is 152 Å². The van der Waals surface area contributed by atoms with Crippen LogP contribution in [-0.4, -0.2) is 26.2 Å². The van der Waals surface area contributed by atoms with Crippen molar-refractivity contribution >= 4 is 6.29 Å². The highest BCUT2D eigenvalue weighted by Gasteiger charge is 2.20. The normalized spacial score (nSPS) is 12.6. The number of pyridine rings is 1. The van der Waals surface area contributed by atoms with E-state index in [-0.39, 0.29) is 40.1 Å². The zero-order valence-corrected chi connectivity index (χ0v) is 14.2. The number of aldehydes is 1. The predicted molar refractivity (Wildman–Crippen MR) is 93.6 cm³/mol. The van der Waals surface area contributed by atoms with Crippen LogP contribution >= 0.6 is 0 Å². The second-order valence-electron chi connectivity index (χ2n) is 5.79. The summed E-state index contributed by atoms with van der Waals surface area (Å²) in [5.74, 6) is -1.12. The first-order valence-corrected chi connectivity index (χ1v) is 7.91. The lowest BCUT2D eigenvalue weighted by molar-refractivity contribution is 0.111. The van der Waals surface area contributed by atoms with E-state index in [1.54, 1.807) is 0 Å². The van der Waals surface area contributed by atoms with Crippen LogP contribution in [0.4, 0.5) is 4.39 Å². The van der Waals surface area contributed by atoms with Gasteiger partial charge >= 0.3 is 0 Å². The Bertz CT molecular complexity index is 1020. The molecule has 0 spiro atoms. The number of phenolic OH excluding ortho intramolecular Hbond substituents is 1. The van der Waals surface area contributed by atoms with Crippen LogP contribution in [0.2, 0.25) is 0 Å². The van der Waals surface area contributed by atoms with Gasteiger partial charge in [-0.3, -0.25) is 14.5 Å². The van der Waals surface area contributed by atoms with Crippen molar-refractivity contribution in [3.63, 3.8) is 0 Å². The van der Waals surface area contributed by atoms with E-state index in [1.165, 1.54) is 41.2 Å². The first-order valence-electron chi connectivity index (χ1n) is 8.91. The highest BCUT2D eigenvalue weighted by molar-refractivity contribution is 5.83. The Morgan fingerprint density at radius 2 is 2.19 bits per heavy atom. The van der Waals surface area contributed by atoms with Gasteiger partial charge in [-0.05, 0) is 32.0 Å². The van der Waals surface area contributed by atoms with E-state index < -0.39 is 12.4 Å². The molecule has 6 nitrogen and oxygen atoms in total. The number of benzene rings is 1. The number of hydrogen-bond acceptors (Lipinski definition) is 5. The molecule has 3 rings (SSSR count). The maximum Gasteiger partial charge on any atom is 0.170 e. The standard InChI is InChI=1S/C19H18FN3O3/c1-12(2)23-19(15(20)9-22-23)18-13(5-4-8-21-18)11-26-17-7-3-6-16(25)14(17)10-24/h3-10,12,25H,11H2,1-2H3/i11D2. The number of aromatic hydroxyl groups is 1. The third-order valence-corrected chi connectivity index (χ3v) is 3.70. The predicted octanol–water partition coefficient (Wildman–Crippen LogP) is 3.76. The Hall–Kier alpha value is -3.22. The summed E-state index contributed by atoms with van der Waals surface area (Å²) in [5.41, 5.74) is -0.166. The number of ether oxygens (including phenoxy) is 1. The van der Waals surface area contributed by atoms with E-state index >= 15 is 0 Å². The summed E-state index contributed by atoms with van der Waals surface area (Å²) in [4.78, 5) is 15.4. The second-order valence-corrected chi connectivity index (χ2v) is 5.79. The maximum absolute atomic E-state index is 14.5. The number of carbonyl (C=O) groups is 1. The molecule has 0 radical (unpaired) electrons. The Morgan fingerprint density at radius 1 is 1.38 bits per heavy atom. The molecule has 0 aliphatic carbocycles. The molecule has 134 valence electrons. The molecule has 0 fully saturated rings. The first kappa shape index (κ1) is 15.1. The van der Waals surface area contributed by atoms with E-state index in [0.29, 0.717) is 6.29 Å². The van der Waals surface area contributed by atoms with Crippen molar-refractivity contribution in [3.8, 4) is 22.9 Å². The highest BCUT2D eigenvalue weighted by atomic mass is 19.1. The van der Waals surface area contributed by atoms with Crippen LogP contribution in [0.5, 0.6) is 11.5 Å². The quantitative estimate of drug-likeness (QED) is 0.680. The zero-order valence-electron chi connectivity index (χ0n) is 16.2. The van der Waals surface area contributed by atoms with Crippen molar-refractivity contribution in [2.24, 2.45) is 0 Å². The van der Waals surface area contributed by atoms with Gasteiger partial charge in [0.25, 0.3) is 0 Å². The largest absolute Gasteiger partial charge is 0.507 e. The van der Waals surface area contributed by atoms with Crippen molar-refractivity contribution < 1.29 is 21.8 Å². The molecule has 3 aromatic rings. The van der Waals surface area contributed by atoms with Gasteiger partial charge in [0.2, 0.25) is 0 Å². The Balaban J connectivity index is 2.12. The minimum atomic E-state index is -2.48. The minimum Gasteiger partial charge on any atom is -0.507 e. The van der Waals surface area contributed by atoms with E-state index in [0.717, 1.165) is 6.20 Å². The third kappa shape index (κ3) is 3.28. The summed E-state index contributed by atoms with van der Waals surface area (Å²) >= 11 is 0. The molecular weight excluding hydrogens is 337 g/mol. The molecule has 2 aromatic heterocycles. The van der Waals surface area contributed by atoms with Crippen molar-refractivity contribution in [1.82, 2.24) is 14.8 Å². The van der Waals surface area contributed by atoms with Crippen molar-refractivity contribution in [3.05, 3.63) is 59.7 Å². The van der Waals surface area contributed by atoms with Crippen molar-refractivity contribution in [1.29, 1.82) is 0 Å². The number of aromatic nitrogens is 3. The fraction of sp³-hybridized carbons (Fsp3) is 0.211. The van der Waals surface area contributed by atoms with Gasteiger partial charge in [0.15, 0.2) is 12.1 Å². The molecule has 1 aromatic carbocycles. The lowest BCUT2D eigenvalue weighted by Gasteiger charge is -2.15. The molecule has 1 N–H and O–H groups in total. The van der Waals surface area contributed by atoms with Crippen LogP contribution in [0.1, 0.15) is 38.6 Å². The van der Waals surface area contributed by atoms with Crippen molar-refractivity contribution in [2.45, 2.75) is 26.4 Å². The van der Waals surface area contributed by atoms with Gasteiger partial charge < -0.3 is 9.84 Å². The summed E-state index contributed by atoms with van der Waals surface area (Å²) in [7, 11) is 0. The summed E-state index contributed by atoms with van der Waals surface area (Å²) in [6.45, 7) is 1.15. The Morgan fingerprint density at radius 3 is 2.92 bits per heavy atom. The monoisotopic (exact) mass is 357 g/mol. The number of halogens is 1. The van der Waals surface area contributed by atoms with E-state index in [9.17, 15) is 14.3 Å². The van der Waals surface area contributed by atoms with Gasteiger partial charge in [-0.2, -0.15) is 5.10 Å². The van der Waals surface area contributed by atoms with Crippen LogP contribution in [0.25, 0.3) is 11.4 Å². The lowest BCUT2D eigenvalue weighted by atomic mass is 10.1. The van der Waals surface area contributed by atoms with Crippen LogP contribution in [-0.2, 0) is 6.56 Å². The molecule has 0 unspecified atom stereocenters. The van der Waals surface area contributed by atoms with Crippen LogP contribution in [0.3, 0.4) is 0 Å². The smallest absolute Gasteiger partial charge is 0.170 e. The van der Waals surface area contributed by atoms with Crippen LogP contribution in [0, 0.1) is 5.82 Å². The molecule has 26 heavy (non-hydrogen) atoms. The highest BCUT2D eigenvalue weighted by Crippen LogP contribution is 2.29. The molecule has 0 aliphatic heterocycles. The first-order chi connectivity index (χ1) is 13.3. The van der Waals surface area contributed by atoms with Gasteiger partial charge in [-0.25, -0.2) is 4.39 Å². The molecule has 0 saturated heterocycles. The topological polar surface area (TPSA) is 77.2 Å². The van der Waals surface area contributed by atoms with Crippen molar-refractivity contribution in [2.75, 3.05) is 0 Å². The summed E-state index contributed by atoms with van der Waals surface area (Å²) in [6.07, 6.45) is 2.83. The molecule has 0 amide bonds. The number of nitrogens with zero attached hydrogens (tertiary/aromatic N) is 3. The maximum atomic E-state index is 14.5. The average molecular weight is 357 g/mol. The molecule has 0 aliphatic rings. The van der Waals surface area contributed by atoms with Gasteiger partial charge in [0, 0.05) is 17.8 Å². The number of phenols is 1. The van der Waals surface area contributed by atoms with Crippen LogP contribution in [0.15, 0.2) is 42.7 Å². The fourth-order valence-corrected chi connectivity index (χ4v) is 2.48. The van der Waals surface area contributed by atoms with Gasteiger partial charge in [0.05, 0.1) is 20.2 Å². The van der Waals surface area contributed by atoms with E-state index in [1.807, 2.05) is 13.8 Å². The zero-order chi connectivity index (χ0) is 20.5. The van der Waals surface area contributed by atoms with E-state index in [2.05, 4.69) is 10.1 Å². The second kappa shape index (κ2) is 7.35. The molecule has 0 atom stereocenters. The number of hydrogen-bond donors (Lipinski definition) is 1. The third-order valence-electron chi connectivity index (χ3n) is 3.70. The SMILES string of the molecule is [2H]C([2H])(Oc1cccc(O)c1C=O)c1cccnc1-c1c(F)cnn1C(C)C. The molecule has 7 heteroatoms. The lowest BCUT2D eigenvalue weighted by Crippen LogP contribution is -2.08. The van der Waals surface area contributed by atoms with Gasteiger partial charge in [0.1, 0.15) is 23.8 Å². The molecule has 0 bridgehead atoms. The molecular formula is C19H18FN3O3. The summed E-state index contributed by atoms with van der Waals surface area (Å²) in [5, 5.41) is 13.8. The van der Waals surface area contributed by atoms with E-state index in [4.69, 9.17) is 7.48 Å². The molecule has 2 heterocycles. The molecule has 0 saturated carbocycles. The summed E-state index contributed by atoms with van der Waals surface area (Å²) < 4.78 is 38.1. The van der Waals surface area contributed by atoms with Gasteiger partial charge in [-0.1, -0.05) is 12.1 Å².